The highest BCUT2D eigenvalue weighted by atomic mass is 14.2. The van der Waals surface area contributed by atoms with Crippen LogP contribution < -0.4 is 0 Å². The van der Waals surface area contributed by atoms with Crippen molar-refractivity contribution < 1.29 is 0 Å². The van der Waals surface area contributed by atoms with Crippen LogP contribution in [-0.2, 0) is 5.41 Å². The number of rotatable bonds is 3. The lowest BCUT2D eigenvalue weighted by atomic mass is 9.87. The van der Waals surface area contributed by atoms with Gasteiger partial charge < -0.3 is 0 Å². The van der Waals surface area contributed by atoms with Crippen LogP contribution in [0.2, 0.25) is 0 Å². The van der Waals surface area contributed by atoms with Crippen LogP contribution in [0.5, 0.6) is 0 Å². The lowest BCUT2D eigenvalue weighted by molar-refractivity contribution is 0.590. The molecule has 86 valence electrons. The molecule has 0 nitrogen and oxygen atoms in total. The molecule has 0 unspecified atom stereocenters. The Morgan fingerprint density at radius 2 is 1.62 bits per heavy atom. The van der Waals surface area contributed by atoms with Gasteiger partial charge in [-0.3, -0.25) is 0 Å². The monoisotopic (exact) mass is 214 g/mol. The van der Waals surface area contributed by atoms with Crippen molar-refractivity contribution in [2.24, 2.45) is 0 Å². The van der Waals surface area contributed by atoms with Gasteiger partial charge in [0, 0.05) is 0 Å². The van der Waals surface area contributed by atoms with Gasteiger partial charge in [-0.25, -0.2) is 0 Å². The van der Waals surface area contributed by atoms with Crippen LogP contribution in [0.1, 0.15) is 45.2 Å². The molecule has 16 heavy (non-hydrogen) atoms. The second-order valence-electron chi connectivity index (χ2n) is 5.07. The third-order valence-electron chi connectivity index (χ3n) is 2.55. The zero-order chi connectivity index (χ0) is 12.0. The molecule has 1 aromatic rings. The molecule has 0 aliphatic rings. The predicted octanol–water partition coefficient (Wildman–Crippen LogP) is 4.96. The van der Waals surface area contributed by atoms with E-state index >= 15 is 0 Å². The van der Waals surface area contributed by atoms with Crippen molar-refractivity contribution >= 4 is 6.08 Å². The average Bonchev–Trinajstić information content (AvgIpc) is 2.24. The van der Waals surface area contributed by atoms with Crippen molar-refractivity contribution in [1.82, 2.24) is 0 Å². The standard InChI is InChI=1S/C16H22/c1-5-6-7-8-9-14-10-12-15(13-11-14)16(2,3)4/h6-13H,5H2,1-4H3/b7-6+,9-8+. The maximum Gasteiger partial charge on any atom is -0.0132 e. The van der Waals surface area contributed by atoms with Crippen molar-refractivity contribution in [2.45, 2.75) is 39.5 Å². The number of allylic oxidation sites excluding steroid dienone is 3. The van der Waals surface area contributed by atoms with Gasteiger partial charge >= 0.3 is 0 Å². The molecule has 0 aliphatic heterocycles. The van der Waals surface area contributed by atoms with Gasteiger partial charge in [-0.15, -0.1) is 0 Å². The Balaban J connectivity index is 2.72. The zero-order valence-electron chi connectivity index (χ0n) is 10.8. The molecule has 1 rings (SSSR count). The number of benzene rings is 1. The van der Waals surface area contributed by atoms with E-state index < -0.39 is 0 Å². The Morgan fingerprint density at radius 3 is 2.12 bits per heavy atom. The molecular formula is C16H22. The number of hydrogen-bond donors (Lipinski definition) is 0. The van der Waals surface area contributed by atoms with E-state index in [1.165, 1.54) is 11.1 Å². The molecule has 0 aromatic heterocycles. The molecule has 0 amide bonds. The minimum Gasteiger partial charge on any atom is -0.0848 e. The highest BCUT2D eigenvalue weighted by Crippen LogP contribution is 2.22. The summed E-state index contributed by atoms with van der Waals surface area (Å²) < 4.78 is 0. The van der Waals surface area contributed by atoms with Crippen LogP contribution in [0, 0.1) is 0 Å². The normalized spacial score (nSPS) is 12.8. The smallest absolute Gasteiger partial charge is 0.0132 e. The lowest BCUT2D eigenvalue weighted by Gasteiger charge is -2.18. The molecular weight excluding hydrogens is 192 g/mol. The Labute approximate surface area is 99.7 Å². The quantitative estimate of drug-likeness (QED) is 0.624. The first kappa shape index (κ1) is 12.8. The summed E-state index contributed by atoms with van der Waals surface area (Å²) in [5.41, 5.74) is 2.88. The van der Waals surface area contributed by atoms with E-state index in [4.69, 9.17) is 0 Å². The van der Waals surface area contributed by atoms with E-state index in [9.17, 15) is 0 Å². The summed E-state index contributed by atoms with van der Waals surface area (Å²) in [6.45, 7) is 8.86. The highest BCUT2D eigenvalue weighted by Gasteiger charge is 2.12. The Bertz CT molecular complexity index is 358. The molecule has 1 aromatic carbocycles. The first-order valence-corrected chi connectivity index (χ1v) is 5.98. The van der Waals surface area contributed by atoms with Crippen LogP contribution in [0.3, 0.4) is 0 Å². The third-order valence-corrected chi connectivity index (χ3v) is 2.55. The Morgan fingerprint density at radius 1 is 1.00 bits per heavy atom. The first-order chi connectivity index (χ1) is 7.54. The van der Waals surface area contributed by atoms with Crippen molar-refractivity contribution in [3.8, 4) is 0 Å². The second-order valence-corrected chi connectivity index (χ2v) is 5.07. The summed E-state index contributed by atoms with van der Waals surface area (Å²) in [6.07, 6.45) is 9.57. The molecule has 0 N–H and O–H groups in total. The van der Waals surface area contributed by atoms with Crippen LogP contribution >= 0.6 is 0 Å². The molecule has 0 bridgehead atoms. The fourth-order valence-corrected chi connectivity index (χ4v) is 1.48. The lowest BCUT2D eigenvalue weighted by Crippen LogP contribution is -2.10. The minimum absolute atomic E-state index is 0.240. The zero-order valence-corrected chi connectivity index (χ0v) is 10.8. The maximum absolute atomic E-state index is 2.24. The van der Waals surface area contributed by atoms with Crippen molar-refractivity contribution in [2.75, 3.05) is 0 Å². The molecule has 0 heteroatoms. The molecule has 0 fully saturated rings. The van der Waals surface area contributed by atoms with Crippen LogP contribution in [0.15, 0.2) is 42.5 Å². The van der Waals surface area contributed by atoms with Gasteiger partial charge in [-0.05, 0) is 23.0 Å². The molecule has 0 saturated carbocycles. The van der Waals surface area contributed by atoms with E-state index in [1.807, 2.05) is 0 Å². The summed E-state index contributed by atoms with van der Waals surface area (Å²) >= 11 is 0. The summed E-state index contributed by atoms with van der Waals surface area (Å²) in [5, 5.41) is 0. The van der Waals surface area contributed by atoms with E-state index in [2.05, 4.69) is 76.3 Å². The van der Waals surface area contributed by atoms with Crippen molar-refractivity contribution in [1.29, 1.82) is 0 Å². The van der Waals surface area contributed by atoms with E-state index in [0.717, 1.165) is 6.42 Å². The summed E-state index contributed by atoms with van der Waals surface area (Å²) in [5.74, 6) is 0. The van der Waals surface area contributed by atoms with Crippen molar-refractivity contribution in [3.63, 3.8) is 0 Å². The van der Waals surface area contributed by atoms with E-state index in [1.54, 1.807) is 0 Å². The van der Waals surface area contributed by atoms with E-state index in [0.29, 0.717) is 0 Å². The number of hydrogen-bond acceptors (Lipinski definition) is 0. The SMILES string of the molecule is CC/C=C/C=C/c1ccc(C(C)(C)C)cc1. The molecule has 0 spiro atoms. The molecule has 0 heterocycles. The second kappa shape index (κ2) is 5.69. The van der Waals surface area contributed by atoms with Crippen LogP contribution in [0.4, 0.5) is 0 Å². The van der Waals surface area contributed by atoms with Gasteiger partial charge in [0.2, 0.25) is 0 Å². The topological polar surface area (TPSA) is 0 Å². The summed E-state index contributed by atoms with van der Waals surface area (Å²) in [4.78, 5) is 0. The third kappa shape index (κ3) is 4.06. The fraction of sp³-hybridized carbons (Fsp3) is 0.375. The molecule has 0 atom stereocenters. The molecule has 0 aliphatic carbocycles. The van der Waals surface area contributed by atoms with Gasteiger partial charge in [0.05, 0.1) is 0 Å². The largest absolute Gasteiger partial charge is 0.0848 e. The van der Waals surface area contributed by atoms with Gasteiger partial charge in [0.15, 0.2) is 0 Å². The summed E-state index contributed by atoms with van der Waals surface area (Å²) in [7, 11) is 0. The molecule has 0 radical (unpaired) electrons. The highest BCUT2D eigenvalue weighted by molar-refractivity contribution is 5.51. The van der Waals surface area contributed by atoms with Crippen LogP contribution in [0.25, 0.3) is 6.08 Å². The van der Waals surface area contributed by atoms with Gasteiger partial charge in [0.1, 0.15) is 0 Å². The van der Waals surface area contributed by atoms with Crippen molar-refractivity contribution in [3.05, 3.63) is 53.6 Å². The maximum atomic E-state index is 2.24. The van der Waals surface area contributed by atoms with Gasteiger partial charge in [-0.2, -0.15) is 0 Å². The molecule has 0 saturated heterocycles. The van der Waals surface area contributed by atoms with Gasteiger partial charge in [-0.1, -0.05) is 76.3 Å². The first-order valence-electron chi connectivity index (χ1n) is 5.98. The predicted molar refractivity (Wildman–Crippen MR) is 73.6 cm³/mol. The van der Waals surface area contributed by atoms with Gasteiger partial charge in [0.25, 0.3) is 0 Å². The minimum atomic E-state index is 0.240. The average molecular weight is 214 g/mol. The Hall–Kier alpha value is -1.30. The van der Waals surface area contributed by atoms with Crippen LogP contribution in [-0.4, -0.2) is 0 Å². The summed E-state index contributed by atoms with van der Waals surface area (Å²) in [6, 6.07) is 8.78. The Kier molecular flexibility index (Phi) is 4.54. The van der Waals surface area contributed by atoms with E-state index in [-0.39, 0.29) is 5.41 Å². The fourth-order valence-electron chi connectivity index (χ4n) is 1.48.